The summed E-state index contributed by atoms with van der Waals surface area (Å²) >= 11 is 0. The van der Waals surface area contributed by atoms with Gasteiger partial charge < -0.3 is 19.2 Å². The fraction of sp³-hybridized carbons (Fsp3) is 0.400. The first-order valence-electron chi connectivity index (χ1n) is 6.71. The first-order valence-corrected chi connectivity index (χ1v) is 6.71. The highest BCUT2D eigenvalue weighted by atomic mass is 16.5. The fourth-order valence-corrected chi connectivity index (χ4v) is 1.85. The van der Waals surface area contributed by atoms with Gasteiger partial charge in [0.2, 0.25) is 5.88 Å². The summed E-state index contributed by atoms with van der Waals surface area (Å²) in [6.07, 6.45) is 4.37. The summed E-state index contributed by atoms with van der Waals surface area (Å²) in [7, 11) is 1.64. The Hall–Kier alpha value is -2.01. The van der Waals surface area contributed by atoms with Crippen molar-refractivity contribution >= 4 is 5.69 Å². The highest BCUT2D eigenvalue weighted by Crippen LogP contribution is 2.23. The van der Waals surface area contributed by atoms with Gasteiger partial charge in [-0.25, -0.2) is 4.98 Å². The molecule has 1 atom stereocenters. The molecule has 0 radical (unpaired) electrons. The molecule has 2 aromatic rings. The van der Waals surface area contributed by atoms with Crippen LogP contribution in [0.5, 0.6) is 5.88 Å². The van der Waals surface area contributed by atoms with E-state index in [0.717, 1.165) is 17.9 Å². The fourth-order valence-electron chi connectivity index (χ4n) is 1.85. The molecule has 0 aliphatic rings. The second kappa shape index (κ2) is 7.55. The number of hydrogen-bond acceptors (Lipinski definition) is 5. The molecule has 0 bridgehead atoms. The van der Waals surface area contributed by atoms with Crippen LogP contribution in [0, 0.1) is 0 Å². The van der Waals surface area contributed by atoms with Crippen LogP contribution in [0.3, 0.4) is 0 Å². The topological polar surface area (TPSA) is 56.5 Å². The van der Waals surface area contributed by atoms with Crippen LogP contribution in [0.15, 0.2) is 41.1 Å². The van der Waals surface area contributed by atoms with E-state index >= 15 is 0 Å². The number of pyridine rings is 1. The maximum absolute atomic E-state index is 5.43. The third-order valence-electron chi connectivity index (χ3n) is 2.91. The zero-order valence-electron chi connectivity index (χ0n) is 11.8. The average molecular weight is 276 g/mol. The Bertz CT molecular complexity index is 482. The van der Waals surface area contributed by atoms with Gasteiger partial charge in [-0.1, -0.05) is 6.92 Å². The van der Waals surface area contributed by atoms with Crippen LogP contribution >= 0.6 is 0 Å². The van der Waals surface area contributed by atoms with Crippen molar-refractivity contribution in [2.24, 2.45) is 0 Å². The number of aromatic nitrogens is 1. The van der Waals surface area contributed by atoms with Gasteiger partial charge in [0.1, 0.15) is 12.4 Å². The summed E-state index contributed by atoms with van der Waals surface area (Å²) in [4.78, 5) is 4.25. The van der Waals surface area contributed by atoms with E-state index in [4.69, 9.17) is 13.9 Å². The van der Waals surface area contributed by atoms with Gasteiger partial charge in [0.25, 0.3) is 0 Å². The lowest BCUT2D eigenvalue weighted by Gasteiger charge is -2.15. The number of furan rings is 1. The van der Waals surface area contributed by atoms with Gasteiger partial charge in [0.15, 0.2) is 0 Å². The number of ether oxygens (including phenoxy) is 2. The van der Waals surface area contributed by atoms with Crippen molar-refractivity contribution in [3.8, 4) is 5.88 Å². The van der Waals surface area contributed by atoms with Gasteiger partial charge >= 0.3 is 0 Å². The molecule has 2 heterocycles. The van der Waals surface area contributed by atoms with E-state index in [-0.39, 0.29) is 6.04 Å². The summed E-state index contributed by atoms with van der Waals surface area (Å²) in [5.41, 5.74) is 0.937. The molecule has 5 nitrogen and oxygen atoms in total. The molecule has 2 rings (SSSR count). The van der Waals surface area contributed by atoms with Crippen molar-refractivity contribution < 1.29 is 13.9 Å². The molecular weight excluding hydrogens is 256 g/mol. The molecule has 0 aromatic carbocycles. The van der Waals surface area contributed by atoms with Gasteiger partial charge in [-0.15, -0.1) is 0 Å². The van der Waals surface area contributed by atoms with Crippen LogP contribution in [0.1, 0.15) is 25.1 Å². The third kappa shape index (κ3) is 3.99. The maximum atomic E-state index is 5.43. The van der Waals surface area contributed by atoms with Crippen molar-refractivity contribution in [2.45, 2.75) is 19.4 Å². The molecule has 0 amide bonds. The molecule has 20 heavy (non-hydrogen) atoms. The zero-order chi connectivity index (χ0) is 14.2. The van der Waals surface area contributed by atoms with Crippen LogP contribution in [-0.4, -0.2) is 25.3 Å². The van der Waals surface area contributed by atoms with E-state index in [9.17, 15) is 0 Å². The first kappa shape index (κ1) is 14.4. The monoisotopic (exact) mass is 276 g/mol. The van der Waals surface area contributed by atoms with Crippen molar-refractivity contribution in [2.75, 3.05) is 25.6 Å². The minimum Gasteiger partial charge on any atom is -0.475 e. The highest BCUT2D eigenvalue weighted by molar-refractivity contribution is 5.43. The number of hydrogen-bond donors (Lipinski definition) is 1. The van der Waals surface area contributed by atoms with E-state index in [1.807, 2.05) is 24.3 Å². The van der Waals surface area contributed by atoms with E-state index in [1.165, 1.54) is 0 Å². The summed E-state index contributed by atoms with van der Waals surface area (Å²) in [5, 5.41) is 3.39. The molecule has 0 fully saturated rings. The molecule has 1 unspecified atom stereocenters. The Morgan fingerprint density at radius 1 is 1.30 bits per heavy atom. The van der Waals surface area contributed by atoms with Gasteiger partial charge in [0, 0.05) is 13.2 Å². The lowest BCUT2D eigenvalue weighted by Crippen LogP contribution is -2.09. The second-order valence-corrected chi connectivity index (χ2v) is 4.35. The smallest absolute Gasteiger partial charge is 0.213 e. The molecule has 108 valence electrons. The lowest BCUT2D eigenvalue weighted by molar-refractivity contribution is 0.144. The Morgan fingerprint density at radius 3 is 2.80 bits per heavy atom. The van der Waals surface area contributed by atoms with E-state index in [0.29, 0.717) is 19.1 Å². The van der Waals surface area contributed by atoms with E-state index in [2.05, 4.69) is 17.2 Å². The van der Waals surface area contributed by atoms with Crippen LogP contribution in [-0.2, 0) is 4.74 Å². The van der Waals surface area contributed by atoms with E-state index < -0.39 is 0 Å². The molecule has 0 spiro atoms. The summed E-state index contributed by atoms with van der Waals surface area (Å²) < 4.78 is 15.8. The van der Waals surface area contributed by atoms with E-state index in [1.54, 1.807) is 19.6 Å². The molecule has 5 heteroatoms. The average Bonchev–Trinajstić information content (AvgIpc) is 3.00. The second-order valence-electron chi connectivity index (χ2n) is 4.35. The lowest BCUT2D eigenvalue weighted by atomic mass is 10.1. The number of methoxy groups -OCH3 is 1. The van der Waals surface area contributed by atoms with Gasteiger partial charge in [-0.2, -0.15) is 0 Å². The van der Waals surface area contributed by atoms with Gasteiger partial charge in [-0.3, -0.25) is 0 Å². The third-order valence-corrected chi connectivity index (χ3v) is 2.91. The number of anilines is 1. The Kier molecular flexibility index (Phi) is 5.43. The largest absolute Gasteiger partial charge is 0.475 e. The molecule has 0 aliphatic heterocycles. The zero-order valence-corrected chi connectivity index (χ0v) is 11.8. The molecule has 1 N–H and O–H groups in total. The summed E-state index contributed by atoms with van der Waals surface area (Å²) in [6.45, 7) is 3.16. The Labute approximate surface area is 118 Å². The molecule has 0 saturated heterocycles. The predicted molar refractivity (Wildman–Crippen MR) is 77.0 cm³/mol. The van der Waals surface area contributed by atoms with Crippen LogP contribution in [0.4, 0.5) is 5.69 Å². The molecular formula is C15H20N2O3. The molecule has 2 aromatic heterocycles. The molecule has 0 saturated carbocycles. The van der Waals surface area contributed by atoms with Crippen molar-refractivity contribution in [1.82, 2.24) is 4.98 Å². The minimum absolute atomic E-state index is 0.145. The SMILES string of the molecule is CCC(Nc1ccc(OCCOC)nc1)c1ccco1. The van der Waals surface area contributed by atoms with Gasteiger partial charge in [-0.05, 0) is 24.6 Å². The number of rotatable bonds is 8. The predicted octanol–water partition coefficient (Wildman–Crippen LogP) is 3.26. The summed E-state index contributed by atoms with van der Waals surface area (Å²) in [5.74, 6) is 1.52. The Balaban J connectivity index is 1.92. The Morgan fingerprint density at radius 2 is 2.20 bits per heavy atom. The maximum Gasteiger partial charge on any atom is 0.213 e. The summed E-state index contributed by atoms with van der Waals surface area (Å²) in [6, 6.07) is 7.79. The van der Waals surface area contributed by atoms with Crippen LogP contribution in [0.2, 0.25) is 0 Å². The van der Waals surface area contributed by atoms with Crippen molar-refractivity contribution in [3.63, 3.8) is 0 Å². The van der Waals surface area contributed by atoms with Crippen molar-refractivity contribution in [1.29, 1.82) is 0 Å². The van der Waals surface area contributed by atoms with Gasteiger partial charge in [0.05, 0.1) is 30.8 Å². The number of nitrogens with zero attached hydrogens (tertiary/aromatic N) is 1. The molecule has 0 aliphatic carbocycles. The highest BCUT2D eigenvalue weighted by Gasteiger charge is 2.11. The number of nitrogens with one attached hydrogen (secondary N) is 1. The van der Waals surface area contributed by atoms with Crippen LogP contribution < -0.4 is 10.1 Å². The van der Waals surface area contributed by atoms with Crippen molar-refractivity contribution in [3.05, 3.63) is 42.5 Å². The minimum atomic E-state index is 0.145. The quantitative estimate of drug-likeness (QED) is 0.750. The first-order chi connectivity index (χ1) is 9.83. The standard InChI is InChI=1S/C15H20N2O3/c1-3-13(14-5-4-8-19-14)17-12-6-7-15(16-11-12)20-10-9-18-2/h4-8,11,13,17H,3,9-10H2,1-2H3. The van der Waals surface area contributed by atoms with Crippen LogP contribution in [0.25, 0.3) is 0 Å². The normalized spacial score (nSPS) is 12.1.